The third-order valence-electron chi connectivity index (χ3n) is 5.81. The molecule has 6 heteroatoms. The smallest absolute Gasteiger partial charge is 0.402 e. The second-order valence-corrected chi connectivity index (χ2v) is 9.76. The summed E-state index contributed by atoms with van der Waals surface area (Å²) >= 11 is 0. The van der Waals surface area contributed by atoms with Crippen molar-refractivity contribution >= 4 is 19.2 Å². The zero-order valence-electron chi connectivity index (χ0n) is 17.5. The number of phosphoric acid groups is 1. The van der Waals surface area contributed by atoms with E-state index >= 15 is 0 Å². The van der Waals surface area contributed by atoms with Crippen LogP contribution >= 0.6 is 7.82 Å². The normalized spacial score (nSPS) is 18.8. The van der Waals surface area contributed by atoms with Gasteiger partial charge in [-0.05, 0) is 49.9 Å². The Morgan fingerprint density at radius 3 is 1.83 bits per heavy atom. The van der Waals surface area contributed by atoms with Gasteiger partial charge in [0.2, 0.25) is 0 Å². The summed E-state index contributed by atoms with van der Waals surface area (Å²) < 4.78 is 32.0. The molecule has 2 aliphatic carbocycles. The molecule has 0 aliphatic heterocycles. The van der Waals surface area contributed by atoms with Gasteiger partial charge < -0.3 is 9.84 Å². The summed E-state index contributed by atoms with van der Waals surface area (Å²) in [7, 11) is -3.75. The number of rotatable bonds is 8. The molecule has 0 unspecified atom stereocenters. The summed E-state index contributed by atoms with van der Waals surface area (Å²) in [5, 5.41) is 3.35. The topological polar surface area (TPSA) is 56.8 Å². The molecule has 2 aliphatic rings. The van der Waals surface area contributed by atoms with Crippen LogP contribution in [0.4, 0.5) is 11.4 Å². The van der Waals surface area contributed by atoms with Crippen molar-refractivity contribution in [3.8, 4) is 5.75 Å². The van der Waals surface area contributed by atoms with E-state index in [1.807, 2.05) is 54.6 Å². The third kappa shape index (κ3) is 6.10. The van der Waals surface area contributed by atoms with Gasteiger partial charge in [0.25, 0.3) is 0 Å². The average Bonchev–Trinajstić information content (AvgIpc) is 2.77. The zero-order valence-corrected chi connectivity index (χ0v) is 18.4. The third-order valence-corrected chi connectivity index (χ3v) is 7.34. The molecular formula is C24H32NO4P. The van der Waals surface area contributed by atoms with Gasteiger partial charge in [0.05, 0.1) is 17.9 Å². The molecule has 4 rings (SSSR count). The predicted octanol–water partition coefficient (Wildman–Crippen LogP) is 7.62. The van der Waals surface area contributed by atoms with Crippen LogP contribution in [0, 0.1) is 0 Å². The molecule has 0 spiro atoms. The Labute approximate surface area is 179 Å². The van der Waals surface area contributed by atoms with Crippen molar-refractivity contribution in [1.29, 1.82) is 0 Å². The Kier molecular flexibility index (Phi) is 7.48. The van der Waals surface area contributed by atoms with Gasteiger partial charge in [0.15, 0.2) is 5.75 Å². The minimum absolute atomic E-state index is 0.0672. The van der Waals surface area contributed by atoms with Gasteiger partial charge in [-0.3, -0.25) is 9.05 Å². The van der Waals surface area contributed by atoms with Gasteiger partial charge in [-0.1, -0.05) is 68.9 Å². The maximum Gasteiger partial charge on any atom is 0.530 e. The molecule has 0 aromatic heterocycles. The summed E-state index contributed by atoms with van der Waals surface area (Å²) in [6.07, 6.45) is 10.3. The summed E-state index contributed by atoms with van der Waals surface area (Å²) in [6, 6.07) is 17.4. The lowest BCUT2D eigenvalue weighted by Crippen LogP contribution is -2.22. The first-order valence-corrected chi connectivity index (χ1v) is 12.7. The van der Waals surface area contributed by atoms with Crippen molar-refractivity contribution in [1.82, 2.24) is 0 Å². The lowest BCUT2D eigenvalue weighted by atomic mass is 9.98. The number of nitrogens with one attached hydrogen (secondary N) is 1. The molecule has 2 aromatic rings. The number of benzene rings is 2. The van der Waals surface area contributed by atoms with Crippen LogP contribution < -0.4 is 9.84 Å². The van der Waals surface area contributed by atoms with E-state index in [-0.39, 0.29) is 12.2 Å². The summed E-state index contributed by atoms with van der Waals surface area (Å²) in [4.78, 5) is 0. The molecular weight excluding hydrogens is 397 g/mol. The Bertz CT molecular complexity index is 808. The second-order valence-electron chi connectivity index (χ2n) is 8.26. The summed E-state index contributed by atoms with van der Waals surface area (Å²) in [6.45, 7) is 0. The van der Waals surface area contributed by atoms with Crippen LogP contribution in [0.1, 0.15) is 64.2 Å². The van der Waals surface area contributed by atoms with Crippen molar-refractivity contribution in [2.45, 2.75) is 76.4 Å². The van der Waals surface area contributed by atoms with Gasteiger partial charge >= 0.3 is 7.82 Å². The largest absolute Gasteiger partial charge is 0.530 e. The minimum Gasteiger partial charge on any atom is -0.402 e. The second kappa shape index (κ2) is 10.5. The van der Waals surface area contributed by atoms with Crippen LogP contribution in [0.25, 0.3) is 0 Å². The van der Waals surface area contributed by atoms with E-state index in [4.69, 9.17) is 13.6 Å². The maximum atomic E-state index is 13.8. The molecule has 162 valence electrons. The van der Waals surface area contributed by atoms with Gasteiger partial charge in [-0.25, -0.2) is 4.57 Å². The molecule has 2 aromatic carbocycles. The van der Waals surface area contributed by atoms with E-state index < -0.39 is 7.82 Å². The van der Waals surface area contributed by atoms with E-state index in [9.17, 15) is 4.57 Å². The van der Waals surface area contributed by atoms with E-state index in [1.165, 1.54) is 12.8 Å². The molecule has 2 saturated carbocycles. The maximum absolute atomic E-state index is 13.8. The SMILES string of the molecule is O=P(Oc1ccccc1Nc1ccccc1)(OC1CCCCC1)OC1CCCCC1. The van der Waals surface area contributed by atoms with Gasteiger partial charge in [-0.2, -0.15) is 0 Å². The number of anilines is 2. The number of phosphoric ester groups is 1. The molecule has 0 amide bonds. The van der Waals surface area contributed by atoms with Crippen molar-refractivity contribution in [2.24, 2.45) is 0 Å². The first kappa shape index (κ1) is 21.4. The van der Waals surface area contributed by atoms with Gasteiger partial charge in [-0.15, -0.1) is 0 Å². The van der Waals surface area contributed by atoms with Crippen LogP contribution in [0.15, 0.2) is 54.6 Å². The first-order chi connectivity index (χ1) is 14.7. The van der Waals surface area contributed by atoms with Crippen LogP contribution in [-0.4, -0.2) is 12.2 Å². The van der Waals surface area contributed by atoms with E-state index in [0.717, 1.165) is 62.7 Å². The molecule has 30 heavy (non-hydrogen) atoms. The van der Waals surface area contributed by atoms with Crippen molar-refractivity contribution in [3.63, 3.8) is 0 Å². The summed E-state index contributed by atoms with van der Waals surface area (Å²) in [5.41, 5.74) is 1.67. The standard InChI is InChI=1S/C24H32NO4P/c26-30(27-21-14-6-2-7-15-21,28-22-16-8-3-9-17-22)29-24-19-11-10-18-23(24)25-20-12-4-1-5-13-20/h1,4-5,10-13,18-19,21-22,25H,2-3,6-9,14-17H2. The average molecular weight is 429 g/mol. The lowest BCUT2D eigenvalue weighted by Gasteiger charge is -2.30. The number of hydrogen-bond acceptors (Lipinski definition) is 5. The first-order valence-electron chi connectivity index (χ1n) is 11.3. The molecule has 2 fully saturated rings. The van der Waals surface area contributed by atoms with Crippen LogP contribution in [-0.2, 0) is 13.6 Å². The zero-order chi connectivity index (χ0) is 20.7. The highest BCUT2D eigenvalue weighted by atomic mass is 31.2. The minimum atomic E-state index is -3.75. The quantitative estimate of drug-likeness (QED) is 0.438. The predicted molar refractivity (Wildman–Crippen MR) is 120 cm³/mol. The van der Waals surface area contributed by atoms with Crippen molar-refractivity contribution in [3.05, 3.63) is 54.6 Å². The van der Waals surface area contributed by atoms with Crippen LogP contribution in [0.3, 0.4) is 0 Å². The highest BCUT2D eigenvalue weighted by Gasteiger charge is 2.37. The fraction of sp³-hybridized carbons (Fsp3) is 0.500. The van der Waals surface area contributed by atoms with Gasteiger partial charge in [0, 0.05) is 5.69 Å². The Hall–Kier alpha value is -1.81. The van der Waals surface area contributed by atoms with E-state index in [2.05, 4.69) is 5.32 Å². The Morgan fingerprint density at radius 1 is 0.700 bits per heavy atom. The highest BCUT2D eigenvalue weighted by molar-refractivity contribution is 7.49. The summed E-state index contributed by atoms with van der Waals surface area (Å²) in [5.74, 6) is 0.483. The van der Waals surface area contributed by atoms with E-state index in [1.54, 1.807) is 0 Å². The Balaban J connectivity index is 1.53. The van der Waals surface area contributed by atoms with Crippen molar-refractivity contribution < 1.29 is 18.1 Å². The van der Waals surface area contributed by atoms with E-state index in [0.29, 0.717) is 5.75 Å². The molecule has 0 saturated heterocycles. The molecule has 0 bridgehead atoms. The van der Waals surface area contributed by atoms with Gasteiger partial charge in [0.1, 0.15) is 0 Å². The molecule has 5 nitrogen and oxygen atoms in total. The highest BCUT2D eigenvalue weighted by Crippen LogP contribution is 2.55. The lowest BCUT2D eigenvalue weighted by molar-refractivity contribution is 0.0515. The number of para-hydroxylation sites is 3. The van der Waals surface area contributed by atoms with Crippen LogP contribution in [0.5, 0.6) is 5.75 Å². The molecule has 0 atom stereocenters. The Morgan fingerprint density at radius 2 is 1.23 bits per heavy atom. The fourth-order valence-electron chi connectivity index (χ4n) is 4.22. The molecule has 1 N–H and O–H groups in total. The number of hydrogen-bond donors (Lipinski definition) is 1. The van der Waals surface area contributed by atoms with Crippen molar-refractivity contribution in [2.75, 3.05) is 5.32 Å². The van der Waals surface area contributed by atoms with Crippen LogP contribution in [0.2, 0.25) is 0 Å². The monoisotopic (exact) mass is 429 g/mol. The molecule has 0 heterocycles. The molecule has 0 radical (unpaired) electrons. The fourth-order valence-corrected chi connectivity index (χ4v) is 5.91.